The Hall–Kier alpha value is -2.60. The Morgan fingerprint density at radius 3 is 2.39 bits per heavy atom. The molecule has 3 nitrogen and oxygen atoms in total. The SMILES string of the molecule is C=CC#N.C=Cc1ccccc1C(=C)C(=O)OC. The number of ether oxygens (including phenoxy) is 1. The Balaban J connectivity index is 0.000000631. The number of nitrogens with zero attached hydrogens (tertiary/aromatic N) is 1. The average molecular weight is 241 g/mol. The van der Waals surface area contributed by atoms with Crippen molar-refractivity contribution >= 4 is 17.6 Å². The lowest BCUT2D eigenvalue weighted by atomic mass is 10.0. The second-order valence-corrected chi connectivity index (χ2v) is 3.09. The van der Waals surface area contributed by atoms with Crippen LogP contribution < -0.4 is 0 Å². The van der Waals surface area contributed by atoms with Crippen molar-refractivity contribution in [3.05, 3.63) is 61.2 Å². The van der Waals surface area contributed by atoms with E-state index in [1.807, 2.05) is 24.3 Å². The number of allylic oxidation sites excluding steroid dienone is 1. The molecule has 0 saturated carbocycles. The first-order chi connectivity index (χ1) is 8.62. The van der Waals surface area contributed by atoms with Gasteiger partial charge < -0.3 is 4.74 Å². The summed E-state index contributed by atoms with van der Waals surface area (Å²) in [5.74, 6) is -0.417. The lowest BCUT2D eigenvalue weighted by molar-refractivity contribution is -0.133. The highest BCUT2D eigenvalue weighted by molar-refractivity contribution is 6.16. The van der Waals surface area contributed by atoms with Crippen molar-refractivity contribution in [1.82, 2.24) is 0 Å². The third kappa shape index (κ3) is 4.50. The topological polar surface area (TPSA) is 50.1 Å². The maximum absolute atomic E-state index is 11.2. The number of hydrogen-bond acceptors (Lipinski definition) is 3. The van der Waals surface area contributed by atoms with Crippen molar-refractivity contribution < 1.29 is 9.53 Å². The molecule has 0 aliphatic rings. The summed E-state index contributed by atoms with van der Waals surface area (Å²) < 4.78 is 4.59. The van der Waals surface area contributed by atoms with Crippen molar-refractivity contribution in [2.24, 2.45) is 0 Å². The van der Waals surface area contributed by atoms with Crippen LogP contribution in [0.5, 0.6) is 0 Å². The van der Waals surface area contributed by atoms with Gasteiger partial charge in [-0.05, 0) is 11.1 Å². The van der Waals surface area contributed by atoms with Crippen LogP contribution in [0.1, 0.15) is 11.1 Å². The summed E-state index contributed by atoms with van der Waals surface area (Å²) in [5.41, 5.74) is 1.99. The number of benzene rings is 1. The zero-order valence-corrected chi connectivity index (χ0v) is 10.3. The Morgan fingerprint density at radius 1 is 1.39 bits per heavy atom. The molecule has 0 spiro atoms. The maximum Gasteiger partial charge on any atom is 0.337 e. The highest BCUT2D eigenvalue weighted by Crippen LogP contribution is 2.19. The summed E-state index contributed by atoms with van der Waals surface area (Å²) in [6.45, 7) is 10.5. The van der Waals surface area contributed by atoms with Crippen LogP contribution in [0.4, 0.5) is 0 Å². The van der Waals surface area contributed by atoms with Crippen LogP contribution in [0.15, 0.2) is 50.1 Å². The number of nitriles is 1. The van der Waals surface area contributed by atoms with Crippen molar-refractivity contribution in [2.75, 3.05) is 7.11 Å². The molecule has 0 aromatic heterocycles. The fourth-order valence-corrected chi connectivity index (χ4v) is 1.18. The molecular formula is C15H15NO2. The van der Waals surface area contributed by atoms with E-state index >= 15 is 0 Å². The number of esters is 1. The van der Waals surface area contributed by atoms with Crippen molar-refractivity contribution in [2.45, 2.75) is 0 Å². The first-order valence-corrected chi connectivity index (χ1v) is 5.11. The van der Waals surface area contributed by atoms with Crippen LogP contribution in [0.2, 0.25) is 0 Å². The molecule has 1 aromatic rings. The molecule has 0 aliphatic carbocycles. The molecule has 0 bridgehead atoms. The van der Waals surface area contributed by atoms with Crippen molar-refractivity contribution in [3.8, 4) is 6.07 Å². The molecule has 1 rings (SSSR count). The number of carbonyl (C=O) groups excluding carboxylic acids is 1. The number of carbonyl (C=O) groups is 1. The molecular weight excluding hydrogens is 226 g/mol. The molecule has 0 aliphatic heterocycles. The molecule has 1 aromatic carbocycles. The van der Waals surface area contributed by atoms with Crippen LogP contribution in [0.25, 0.3) is 11.6 Å². The predicted octanol–water partition coefficient (Wildman–Crippen LogP) is 3.21. The Bertz CT molecular complexity index is 495. The monoisotopic (exact) mass is 241 g/mol. The summed E-state index contributed by atoms with van der Waals surface area (Å²) in [5, 5.41) is 7.51. The third-order valence-corrected chi connectivity index (χ3v) is 2.03. The lowest BCUT2D eigenvalue weighted by Gasteiger charge is -2.06. The van der Waals surface area contributed by atoms with E-state index in [4.69, 9.17) is 5.26 Å². The molecule has 0 heterocycles. The van der Waals surface area contributed by atoms with Gasteiger partial charge in [0.15, 0.2) is 0 Å². The fraction of sp³-hybridized carbons (Fsp3) is 0.0667. The van der Waals surface area contributed by atoms with Gasteiger partial charge in [0, 0.05) is 6.08 Å². The minimum absolute atomic E-state index is 0.350. The second kappa shape index (κ2) is 8.54. The van der Waals surface area contributed by atoms with Gasteiger partial charge >= 0.3 is 5.97 Å². The Kier molecular flexibility index (Phi) is 7.31. The Morgan fingerprint density at radius 2 is 1.94 bits per heavy atom. The molecule has 0 saturated heterocycles. The average Bonchev–Trinajstić information content (AvgIpc) is 2.45. The smallest absolute Gasteiger partial charge is 0.337 e. The number of hydrogen-bond donors (Lipinski definition) is 0. The van der Waals surface area contributed by atoms with Crippen LogP contribution in [0.3, 0.4) is 0 Å². The van der Waals surface area contributed by atoms with Crippen LogP contribution in [-0.2, 0) is 9.53 Å². The quantitative estimate of drug-likeness (QED) is 0.464. The zero-order chi connectivity index (χ0) is 14.0. The van der Waals surface area contributed by atoms with E-state index in [9.17, 15) is 4.79 Å². The van der Waals surface area contributed by atoms with Crippen LogP contribution in [0, 0.1) is 11.3 Å². The van der Waals surface area contributed by atoms with E-state index in [-0.39, 0.29) is 0 Å². The van der Waals surface area contributed by atoms with E-state index in [0.29, 0.717) is 5.57 Å². The van der Waals surface area contributed by atoms with Gasteiger partial charge in [-0.3, -0.25) is 0 Å². The summed E-state index contributed by atoms with van der Waals surface area (Å²) in [4.78, 5) is 11.2. The molecule has 0 fully saturated rings. The lowest BCUT2D eigenvalue weighted by Crippen LogP contribution is -2.03. The summed E-state index contributed by atoms with van der Waals surface area (Å²) >= 11 is 0. The number of methoxy groups -OCH3 is 1. The molecule has 92 valence electrons. The summed E-state index contributed by atoms with van der Waals surface area (Å²) in [6, 6.07) is 9.11. The van der Waals surface area contributed by atoms with Crippen molar-refractivity contribution in [1.29, 1.82) is 5.26 Å². The van der Waals surface area contributed by atoms with Gasteiger partial charge in [-0.15, -0.1) is 0 Å². The van der Waals surface area contributed by atoms with Gasteiger partial charge in [0.25, 0.3) is 0 Å². The van der Waals surface area contributed by atoms with E-state index in [1.165, 1.54) is 13.2 Å². The second-order valence-electron chi connectivity index (χ2n) is 3.09. The standard InChI is InChI=1S/C12H12O2.C3H3N/c1-4-10-7-5-6-8-11(10)9(2)12(13)14-3;1-2-3-4/h4-8H,1-2H2,3H3;2H,1H2. The summed E-state index contributed by atoms with van der Waals surface area (Å²) in [7, 11) is 1.34. The van der Waals surface area contributed by atoms with Gasteiger partial charge in [0.2, 0.25) is 0 Å². The summed E-state index contributed by atoms with van der Waals surface area (Å²) in [6.07, 6.45) is 2.86. The van der Waals surface area contributed by atoms with Gasteiger partial charge in [-0.2, -0.15) is 5.26 Å². The van der Waals surface area contributed by atoms with E-state index in [0.717, 1.165) is 11.1 Å². The van der Waals surface area contributed by atoms with E-state index in [1.54, 1.807) is 12.1 Å². The number of rotatable bonds is 3. The van der Waals surface area contributed by atoms with E-state index < -0.39 is 5.97 Å². The normalized spacial score (nSPS) is 8.00. The van der Waals surface area contributed by atoms with Crippen molar-refractivity contribution in [3.63, 3.8) is 0 Å². The largest absolute Gasteiger partial charge is 0.465 e. The van der Waals surface area contributed by atoms with E-state index in [2.05, 4.69) is 24.5 Å². The third-order valence-electron chi connectivity index (χ3n) is 2.03. The maximum atomic E-state index is 11.2. The van der Waals surface area contributed by atoms with Gasteiger partial charge in [-0.1, -0.05) is 50.1 Å². The zero-order valence-electron chi connectivity index (χ0n) is 10.3. The molecule has 0 radical (unpaired) electrons. The van der Waals surface area contributed by atoms with Crippen LogP contribution in [-0.4, -0.2) is 13.1 Å². The van der Waals surface area contributed by atoms with Gasteiger partial charge in [0.1, 0.15) is 0 Å². The Labute approximate surface area is 107 Å². The first-order valence-electron chi connectivity index (χ1n) is 5.11. The fourth-order valence-electron chi connectivity index (χ4n) is 1.18. The van der Waals surface area contributed by atoms with Gasteiger partial charge in [-0.25, -0.2) is 4.79 Å². The molecule has 0 unspecified atom stereocenters. The molecule has 3 heteroatoms. The van der Waals surface area contributed by atoms with Gasteiger partial charge in [0.05, 0.1) is 18.8 Å². The predicted molar refractivity (Wildman–Crippen MR) is 73.4 cm³/mol. The molecule has 0 amide bonds. The highest BCUT2D eigenvalue weighted by Gasteiger charge is 2.11. The highest BCUT2D eigenvalue weighted by atomic mass is 16.5. The molecule has 18 heavy (non-hydrogen) atoms. The molecule has 0 atom stereocenters. The minimum atomic E-state index is -0.417. The minimum Gasteiger partial charge on any atom is -0.465 e. The van der Waals surface area contributed by atoms with Crippen LogP contribution >= 0.6 is 0 Å². The first kappa shape index (κ1) is 15.4. The molecule has 0 N–H and O–H groups in total.